The standard InChI is InChI=1S/C12H16N4O2S/c1-12(6-7-12)15-19(17,18)11-10(13-2)14-9-5-3-4-8-16(9)11/h3-5,8,13,15H,6-7H2,1-2H3. The Morgan fingerprint density at radius 1 is 1.37 bits per heavy atom. The molecule has 2 heterocycles. The Bertz CT molecular complexity index is 731. The summed E-state index contributed by atoms with van der Waals surface area (Å²) >= 11 is 0. The minimum atomic E-state index is -3.59. The first kappa shape index (κ1) is 12.4. The summed E-state index contributed by atoms with van der Waals surface area (Å²) in [5.74, 6) is 0.364. The minimum absolute atomic E-state index is 0.165. The number of pyridine rings is 1. The van der Waals surface area contributed by atoms with Crippen molar-refractivity contribution in [2.45, 2.75) is 30.3 Å². The zero-order valence-electron chi connectivity index (χ0n) is 10.8. The van der Waals surface area contributed by atoms with Gasteiger partial charge >= 0.3 is 0 Å². The average molecular weight is 280 g/mol. The normalized spacial score (nSPS) is 17.6. The average Bonchev–Trinajstić information content (AvgIpc) is 2.94. The minimum Gasteiger partial charge on any atom is -0.371 e. The summed E-state index contributed by atoms with van der Waals surface area (Å²) in [6, 6.07) is 5.39. The molecule has 19 heavy (non-hydrogen) atoms. The summed E-state index contributed by atoms with van der Waals surface area (Å²) in [6.45, 7) is 1.91. The lowest BCUT2D eigenvalue weighted by molar-refractivity contribution is 0.554. The van der Waals surface area contributed by atoms with Gasteiger partial charge in [-0.2, -0.15) is 0 Å². The molecular formula is C12H16N4O2S. The van der Waals surface area contributed by atoms with Gasteiger partial charge in [-0.25, -0.2) is 18.1 Å². The molecule has 0 radical (unpaired) electrons. The van der Waals surface area contributed by atoms with Crippen molar-refractivity contribution in [2.24, 2.45) is 0 Å². The van der Waals surface area contributed by atoms with Crippen molar-refractivity contribution in [3.63, 3.8) is 0 Å². The third kappa shape index (κ3) is 2.08. The Kier molecular flexibility index (Phi) is 2.58. The smallest absolute Gasteiger partial charge is 0.260 e. The van der Waals surface area contributed by atoms with Gasteiger partial charge in [0.25, 0.3) is 10.0 Å². The van der Waals surface area contributed by atoms with E-state index in [9.17, 15) is 8.42 Å². The lowest BCUT2D eigenvalue weighted by Gasteiger charge is -2.12. The number of hydrogen-bond acceptors (Lipinski definition) is 4. The van der Waals surface area contributed by atoms with Crippen molar-refractivity contribution in [3.05, 3.63) is 24.4 Å². The van der Waals surface area contributed by atoms with Crippen LogP contribution in [0, 0.1) is 0 Å². The van der Waals surface area contributed by atoms with Crippen LogP contribution in [-0.4, -0.2) is 30.4 Å². The molecule has 3 rings (SSSR count). The zero-order valence-corrected chi connectivity index (χ0v) is 11.7. The summed E-state index contributed by atoms with van der Waals surface area (Å²) in [5.41, 5.74) is 0.302. The van der Waals surface area contributed by atoms with Crippen molar-refractivity contribution >= 4 is 21.5 Å². The first-order chi connectivity index (χ1) is 8.95. The molecular weight excluding hydrogens is 264 g/mol. The molecule has 7 heteroatoms. The van der Waals surface area contributed by atoms with Crippen molar-refractivity contribution in [3.8, 4) is 0 Å². The van der Waals surface area contributed by atoms with E-state index in [2.05, 4.69) is 15.0 Å². The van der Waals surface area contributed by atoms with Crippen LogP contribution in [-0.2, 0) is 10.0 Å². The third-order valence-electron chi connectivity index (χ3n) is 3.36. The third-order valence-corrected chi connectivity index (χ3v) is 5.02. The first-order valence-electron chi connectivity index (χ1n) is 6.14. The summed E-state index contributed by atoms with van der Waals surface area (Å²) < 4.78 is 29.4. The maximum absolute atomic E-state index is 12.5. The second-order valence-corrected chi connectivity index (χ2v) is 6.71. The number of anilines is 1. The van der Waals surface area contributed by atoms with E-state index in [0.29, 0.717) is 11.5 Å². The molecule has 0 atom stereocenters. The molecule has 0 aliphatic heterocycles. The van der Waals surface area contributed by atoms with E-state index in [4.69, 9.17) is 0 Å². The van der Waals surface area contributed by atoms with Crippen LogP contribution in [0.5, 0.6) is 0 Å². The lowest BCUT2D eigenvalue weighted by Crippen LogP contribution is -2.35. The topological polar surface area (TPSA) is 75.5 Å². The number of imidazole rings is 1. The van der Waals surface area contributed by atoms with E-state index in [1.807, 2.05) is 13.0 Å². The maximum atomic E-state index is 12.5. The molecule has 0 saturated heterocycles. The van der Waals surface area contributed by atoms with E-state index in [1.54, 1.807) is 29.8 Å². The summed E-state index contributed by atoms with van der Waals surface area (Å²) in [7, 11) is -1.93. The molecule has 0 aromatic carbocycles. The molecule has 2 aromatic heterocycles. The van der Waals surface area contributed by atoms with Crippen LogP contribution in [0.15, 0.2) is 29.4 Å². The Balaban J connectivity index is 2.17. The fourth-order valence-corrected chi connectivity index (χ4v) is 3.82. The van der Waals surface area contributed by atoms with Gasteiger partial charge in [-0.1, -0.05) is 6.07 Å². The van der Waals surface area contributed by atoms with Crippen molar-refractivity contribution in [2.75, 3.05) is 12.4 Å². The summed E-state index contributed by atoms with van der Waals surface area (Å²) in [4.78, 5) is 4.28. The number of nitrogens with zero attached hydrogens (tertiary/aromatic N) is 2. The van der Waals surface area contributed by atoms with E-state index >= 15 is 0 Å². The highest BCUT2D eigenvalue weighted by Gasteiger charge is 2.42. The fraction of sp³-hybridized carbons (Fsp3) is 0.417. The van der Waals surface area contributed by atoms with Gasteiger partial charge in [0.2, 0.25) is 0 Å². The SMILES string of the molecule is CNc1nc2ccccn2c1S(=O)(=O)NC1(C)CC1. The number of hydrogen-bond donors (Lipinski definition) is 2. The zero-order chi connectivity index (χ0) is 13.7. The number of rotatable bonds is 4. The second kappa shape index (κ2) is 3.94. The largest absolute Gasteiger partial charge is 0.371 e. The highest BCUT2D eigenvalue weighted by molar-refractivity contribution is 7.89. The van der Waals surface area contributed by atoms with E-state index in [0.717, 1.165) is 12.8 Å². The molecule has 102 valence electrons. The Hall–Kier alpha value is -1.60. The van der Waals surface area contributed by atoms with Gasteiger partial charge in [-0.15, -0.1) is 0 Å². The molecule has 2 N–H and O–H groups in total. The van der Waals surface area contributed by atoms with Crippen LogP contribution in [0.2, 0.25) is 0 Å². The predicted octanol–water partition coefficient (Wildman–Crippen LogP) is 1.21. The Morgan fingerprint density at radius 2 is 2.11 bits per heavy atom. The molecule has 1 aliphatic carbocycles. The van der Waals surface area contributed by atoms with Gasteiger partial charge < -0.3 is 5.32 Å². The van der Waals surface area contributed by atoms with E-state index < -0.39 is 10.0 Å². The van der Waals surface area contributed by atoms with E-state index in [1.165, 1.54) is 0 Å². The van der Waals surface area contributed by atoms with Crippen molar-refractivity contribution < 1.29 is 8.42 Å². The molecule has 1 aliphatic rings. The van der Waals surface area contributed by atoms with Gasteiger partial charge in [0.05, 0.1) is 0 Å². The lowest BCUT2D eigenvalue weighted by atomic mass is 10.4. The number of sulfonamides is 1. The van der Waals surface area contributed by atoms with Gasteiger partial charge in [-0.3, -0.25) is 4.40 Å². The van der Waals surface area contributed by atoms with Gasteiger partial charge in [0, 0.05) is 18.8 Å². The first-order valence-corrected chi connectivity index (χ1v) is 7.62. The highest BCUT2D eigenvalue weighted by Crippen LogP contribution is 2.36. The van der Waals surface area contributed by atoms with Gasteiger partial charge in [-0.05, 0) is 31.9 Å². The van der Waals surface area contributed by atoms with Crippen molar-refractivity contribution in [1.29, 1.82) is 0 Å². The monoisotopic (exact) mass is 280 g/mol. The highest BCUT2D eigenvalue weighted by atomic mass is 32.2. The van der Waals surface area contributed by atoms with Crippen molar-refractivity contribution in [1.82, 2.24) is 14.1 Å². The molecule has 0 unspecified atom stereocenters. The molecule has 0 spiro atoms. The molecule has 0 amide bonds. The van der Waals surface area contributed by atoms with Gasteiger partial charge in [0.1, 0.15) is 5.65 Å². The summed E-state index contributed by atoms with van der Waals surface area (Å²) in [5, 5.41) is 3.01. The quantitative estimate of drug-likeness (QED) is 0.882. The Morgan fingerprint density at radius 3 is 2.74 bits per heavy atom. The molecule has 0 bridgehead atoms. The molecule has 1 saturated carbocycles. The predicted molar refractivity (Wildman–Crippen MR) is 72.7 cm³/mol. The Labute approximate surface area is 111 Å². The maximum Gasteiger partial charge on any atom is 0.260 e. The van der Waals surface area contributed by atoms with Crippen LogP contribution in [0.1, 0.15) is 19.8 Å². The number of aromatic nitrogens is 2. The van der Waals surface area contributed by atoms with Crippen LogP contribution < -0.4 is 10.0 Å². The number of fused-ring (bicyclic) bond motifs is 1. The molecule has 2 aromatic rings. The molecule has 1 fully saturated rings. The van der Waals surface area contributed by atoms with Crippen LogP contribution in [0.25, 0.3) is 5.65 Å². The fourth-order valence-electron chi connectivity index (χ4n) is 2.06. The van der Waals surface area contributed by atoms with Crippen LogP contribution in [0.4, 0.5) is 5.82 Å². The summed E-state index contributed by atoms with van der Waals surface area (Å²) in [6.07, 6.45) is 3.45. The molecule has 6 nitrogen and oxygen atoms in total. The van der Waals surface area contributed by atoms with Gasteiger partial charge in [0.15, 0.2) is 10.8 Å². The van der Waals surface area contributed by atoms with Crippen LogP contribution in [0.3, 0.4) is 0 Å². The number of nitrogens with one attached hydrogen (secondary N) is 2. The second-order valence-electron chi connectivity index (χ2n) is 5.11. The van der Waals surface area contributed by atoms with Crippen LogP contribution >= 0.6 is 0 Å². The van der Waals surface area contributed by atoms with E-state index in [-0.39, 0.29) is 10.6 Å².